The van der Waals surface area contributed by atoms with Crippen molar-refractivity contribution in [2.45, 2.75) is 18.5 Å². The number of halogens is 2. The lowest BCUT2D eigenvalue weighted by atomic mass is 10.0. The number of ether oxygens (including phenoxy) is 1. The number of methoxy groups -OCH3 is 1. The normalized spacial score (nSPS) is 16.8. The zero-order valence-electron chi connectivity index (χ0n) is 20.4. The smallest absolute Gasteiger partial charge is 0.226 e. The second kappa shape index (κ2) is 11.4. The minimum absolute atomic E-state index is 0.159. The van der Waals surface area contributed by atoms with Gasteiger partial charge in [-0.25, -0.2) is 0 Å². The van der Waals surface area contributed by atoms with Gasteiger partial charge in [-0.2, -0.15) is 0 Å². The van der Waals surface area contributed by atoms with Gasteiger partial charge in [0.1, 0.15) is 23.3 Å². The highest BCUT2D eigenvalue weighted by molar-refractivity contribution is 7.80. The minimum atomic E-state index is -0.326. The first-order valence-electron chi connectivity index (χ1n) is 11.9. The Labute approximate surface area is 235 Å². The number of hydrogen-bond acceptors (Lipinski definition) is 5. The number of thiocarbonyl (C=S) groups is 1. The van der Waals surface area contributed by atoms with Gasteiger partial charge in [0, 0.05) is 24.7 Å². The van der Waals surface area contributed by atoms with E-state index in [1.54, 1.807) is 37.6 Å². The molecule has 0 radical (unpaired) electrons. The lowest BCUT2D eigenvalue weighted by Gasteiger charge is -2.26. The Balaban J connectivity index is 1.40. The maximum atomic E-state index is 12.9. The molecule has 1 fully saturated rings. The van der Waals surface area contributed by atoms with E-state index in [-0.39, 0.29) is 24.4 Å². The summed E-state index contributed by atoms with van der Waals surface area (Å²) in [5.74, 6) is 1.76. The van der Waals surface area contributed by atoms with E-state index in [0.29, 0.717) is 44.7 Å². The summed E-state index contributed by atoms with van der Waals surface area (Å²) < 4.78 is 11.7. The van der Waals surface area contributed by atoms with E-state index in [0.717, 1.165) is 11.3 Å². The molecule has 0 aliphatic carbocycles. The van der Waals surface area contributed by atoms with Crippen LogP contribution in [0.5, 0.6) is 5.75 Å². The standard InChI is InChI=1S/C28H24Cl2N4O3S/c1-36-23-8-3-2-6-20(23)32-25(35)13-15-34-27(26(33-28(34)38)21-7-4-5-14-31-21)24-12-11-22(37-24)17-9-10-18(29)19(30)16-17/h2-12,14,16,26-27H,13,15H2,1H3,(H,32,35)(H,33,38)/t26-,27-/m0/s1. The summed E-state index contributed by atoms with van der Waals surface area (Å²) in [4.78, 5) is 19.4. The lowest BCUT2D eigenvalue weighted by Crippen LogP contribution is -2.32. The van der Waals surface area contributed by atoms with Crippen LogP contribution in [0, 0.1) is 0 Å². The molecule has 2 aromatic carbocycles. The van der Waals surface area contributed by atoms with Crippen LogP contribution in [0.25, 0.3) is 11.3 Å². The van der Waals surface area contributed by atoms with Gasteiger partial charge in [-0.15, -0.1) is 0 Å². The molecule has 194 valence electrons. The van der Waals surface area contributed by atoms with E-state index < -0.39 is 0 Å². The van der Waals surface area contributed by atoms with Crippen LogP contribution < -0.4 is 15.4 Å². The molecular weight excluding hydrogens is 543 g/mol. The average molecular weight is 567 g/mol. The van der Waals surface area contributed by atoms with E-state index in [1.807, 2.05) is 53.4 Å². The molecule has 0 spiro atoms. The first-order chi connectivity index (χ1) is 18.4. The highest BCUT2D eigenvalue weighted by atomic mass is 35.5. The number of para-hydroxylation sites is 2. The number of nitrogens with one attached hydrogen (secondary N) is 2. The largest absolute Gasteiger partial charge is 0.495 e. The number of benzene rings is 2. The van der Waals surface area contributed by atoms with Crippen molar-refractivity contribution in [3.8, 4) is 17.1 Å². The minimum Gasteiger partial charge on any atom is -0.495 e. The molecule has 7 nitrogen and oxygen atoms in total. The van der Waals surface area contributed by atoms with E-state index in [9.17, 15) is 4.79 Å². The van der Waals surface area contributed by atoms with Crippen LogP contribution in [0.4, 0.5) is 5.69 Å². The molecule has 0 bridgehead atoms. The second-order valence-corrected chi connectivity index (χ2v) is 9.85. The number of amides is 1. The van der Waals surface area contributed by atoms with E-state index in [4.69, 9.17) is 44.6 Å². The fourth-order valence-corrected chi connectivity index (χ4v) is 5.08. The van der Waals surface area contributed by atoms with Crippen molar-refractivity contribution >= 4 is 52.1 Å². The number of anilines is 1. The molecule has 4 aromatic rings. The summed E-state index contributed by atoms with van der Waals surface area (Å²) in [6.45, 7) is 0.365. The first-order valence-corrected chi connectivity index (χ1v) is 13.1. The van der Waals surface area contributed by atoms with Crippen LogP contribution in [-0.2, 0) is 4.79 Å². The quantitative estimate of drug-likeness (QED) is 0.231. The highest BCUT2D eigenvalue weighted by Gasteiger charge is 2.41. The third-order valence-corrected chi connectivity index (χ3v) is 7.37. The van der Waals surface area contributed by atoms with Gasteiger partial charge >= 0.3 is 0 Å². The number of rotatable bonds is 8. The Morgan fingerprint density at radius 3 is 2.68 bits per heavy atom. The summed E-state index contributed by atoms with van der Waals surface area (Å²) in [7, 11) is 1.57. The first kappa shape index (κ1) is 26.0. The molecule has 3 heterocycles. The van der Waals surface area contributed by atoms with Crippen LogP contribution in [-0.4, -0.2) is 34.6 Å². The summed E-state index contributed by atoms with van der Waals surface area (Å²) in [5.41, 5.74) is 2.23. The zero-order chi connectivity index (χ0) is 26.6. The van der Waals surface area contributed by atoms with Gasteiger partial charge in [0.05, 0.1) is 34.6 Å². The van der Waals surface area contributed by atoms with Crippen molar-refractivity contribution in [1.29, 1.82) is 0 Å². The molecule has 1 aliphatic heterocycles. The number of pyridine rings is 1. The number of hydrogen-bond donors (Lipinski definition) is 2. The molecule has 2 N–H and O–H groups in total. The number of carbonyl (C=O) groups is 1. The third kappa shape index (κ3) is 5.48. The van der Waals surface area contributed by atoms with Crippen molar-refractivity contribution in [1.82, 2.24) is 15.2 Å². The summed E-state index contributed by atoms with van der Waals surface area (Å²) >= 11 is 18.0. The van der Waals surface area contributed by atoms with E-state index in [1.165, 1.54) is 0 Å². The topological polar surface area (TPSA) is 79.6 Å². The van der Waals surface area contributed by atoms with Gasteiger partial charge in [0.15, 0.2) is 5.11 Å². The predicted molar refractivity (Wildman–Crippen MR) is 153 cm³/mol. The predicted octanol–water partition coefficient (Wildman–Crippen LogP) is 6.66. The SMILES string of the molecule is COc1ccccc1NC(=O)CCN1C(=S)N[C@@H](c2ccccn2)[C@@H]1c1ccc(-c2ccc(Cl)c(Cl)c2)o1. The van der Waals surface area contributed by atoms with Gasteiger partial charge in [0.25, 0.3) is 0 Å². The van der Waals surface area contributed by atoms with Gasteiger partial charge in [-0.1, -0.05) is 41.4 Å². The summed E-state index contributed by atoms with van der Waals surface area (Å²) in [5, 5.41) is 7.72. The Kier molecular flexibility index (Phi) is 7.83. The molecule has 1 saturated heterocycles. The van der Waals surface area contributed by atoms with Gasteiger partial charge in [0.2, 0.25) is 5.91 Å². The second-order valence-electron chi connectivity index (χ2n) is 8.65. The van der Waals surface area contributed by atoms with Crippen molar-refractivity contribution in [2.75, 3.05) is 19.0 Å². The highest BCUT2D eigenvalue weighted by Crippen LogP contribution is 2.41. The zero-order valence-corrected chi connectivity index (χ0v) is 22.7. The third-order valence-electron chi connectivity index (χ3n) is 6.28. The molecule has 2 atom stereocenters. The molecule has 10 heteroatoms. The van der Waals surface area contributed by atoms with Crippen molar-refractivity contribution < 1.29 is 13.9 Å². The molecule has 0 saturated carbocycles. The number of aromatic nitrogens is 1. The van der Waals surface area contributed by atoms with Crippen molar-refractivity contribution in [3.63, 3.8) is 0 Å². The molecular formula is C28H24Cl2N4O3S. The molecule has 5 rings (SSSR count). The maximum absolute atomic E-state index is 12.9. The van der Waals surface area contributed by atoms with Gasteiger partial charge < -0.3 is 24.7 Å². The van der Waals surface area contributed by atoms with Crippen molar-refractivity contribution in [2.24, 2.45) is 0 Å². The van der Waals surface area contributed by atoms with Crippen LogP contribution in [0.1, 0.15) is 30.0 Å². The fraction of sp³-hybridized carbons (Fsp3) is 0.179. The van der Waals surface area contributed by atoms with Gasteiger partial charge in [-0.05, 0) is 66.8 Å². The number of furan rings is 1. The number of carbonyl (C=O) groups excluding carboxylic acids is 1. The molecule has 1 amide bonds. The Hall–Kier alpha value is -3.59. The summed E-state index contributed by atoms with van der Waals surface area (Å²) in [6, 6.07) is 21.6. The lowest BCUT2D eigenvalue weighted by molar-refractivity contribution is -0.116. The van der Waals surface area contributed by atoms with E-state index in [2.05, 4.69) is 15.6 Å². The van der Waals surface area contributed by atoms with Gasteiger partial charge in [-0.3, -0.25) is 9.78 Å². The molecule has 2 aromatic heterocycles. The molecule has 38 heavy (non-hydrogen) atoms. The summed E-state index contributed by atoms with van der Waals surface area (Å²) in [6.07, 6.45) is 1.94. The molecule has 0 unspecified atom stereocenters. The van der Waals surface area contributed by atoms with Crippen LogP contribution >= 0.6 is 35.4 Å². The maximum Gasteiger partial charge on any atom is 0.226 e. The Morgan fingerprint density at radius 1 is 1.11 bits per heavy atom. The van der Waals surface area contributed by atoms with Crippen LogP contribution in [0.2, 0.25) is 10.0 Å². The average Bonchev–Trinajstić information content (AvgIpc) is 3.54. The van der Waals surface area contributed by atoms with Crippen LogP contribution in [0.15, 0.2) is 83.4 Å². The monoisotopic (exact) mass is 566 g/mol. The van der Waals surface area contributed by atoms with Crippen molar-refractivity contribution in [3.05, 3.63) is 100 Å². The Morgan fingerprint density at radius 2 is 1.92 bits per heavy atom. The Bertz CT molecular complexity index is 1460. The fourth-order valence-electron chi connectivity index (χ4n) is 4.45. The molecule has 1 aliphatic rings. The van der Waals surface area contributed by atoms with E-state index >= 15 is 0 Å². The number of nitrogens with zero attached hydrogens (tertiary/aromatic N) is 2. The van der Waals surface area contributed by atoms with Crippen LogP contribution in [0.3, 0.4) is 0 Å².